The van der Waals surface area contributed by atoms with Gasteiger partial charge in [0.1, 0.15) is 0 Å². The lowest BCUT2D eigenvalue weighted by atomic mass is 10.2. The lowest BCUT2D eigenvalue weighted by Crippen LogP contribution is -2.31. The van der Waals surface area contributed by atoms with Crippen LogP contribution in [0.25, 0.3) is 0 Å². The number of hydrogen-bond donors (Lipinski definition) is 1. The topological polar surface area (TPSA) is 49.4 Å². The third-order valence-corrected chi connectivity index (χ3v) is 2.10. The number of hydrogen-bond acceptors (Lipinski definition) is 2. The van der Waals surface area contributed by atoms with Crippen LogP contribution in [0.4, 0.5) is 23.7 Å². The zero-order valence-electron chi connectivity index (χ0n) is 7.76. The lowest BCUT2D eigenvalue weighted by molar-refractivity contribution is -0.115. The number of rotatable bonds is 1. The van der Waals surface area contributed by atoms with Gasteiger partial charge in [-0.3, -0.25) is 4.79 Å². The second-order valence-corrected chi connectivity index (χ2v) is 3.08. The van der Waals surface area contributed by atoms with E-state index in [2.05, 4.69) is 5.32 Å². The molecule has 4 nitrogen and oxygen atoms in total. The molecule has 1 aliphatic heterocycles. The molecule has 0 aromatic heterocycles. The van der Waals surface area contributed by atoms with E-state index in [1.54, 1.807) is 0 Å². The molecule has 0 spiro atoms. The minimum atomic E-state index is -1.72. The average Bonchev–Trinajstić information content (AvgIpc) is 2.57. The number of nitrogens with zero attached hydrogens (tertiary/aromatic N) is 1. The molecule has 1 heterocycles. The molecule has 0 atom stereocenters. The van der Waals surface area contributed by atoms with E-state index < -0.39 is 35.1 Å². The lowest BCUT2D eigenvalue weighted by Gasteiger charge is -2.13. The van der Waals surface area contributed by atoms with Gasteiger partial charge >= 0.3 is 6.03 Å². The van der Waals surface area contributed by atoms with Crippen LogP contribution in [0.5, 0.6) is 0 Å². The van der Waals surface area contributed by atoms with Crippen LogP contribution < -0.4 is 10.2 Å². The Hall–Kier alpha value is -2.05. The number of benzene rings is 1. The molecule has 0 saturated carbocycles. The summed E-state index contributed by atoms with van der Waals surface area (Å²) in [6.07, 6.45) is 0. The minimum absolute atomic E-state index is 0.294. The Kier molecular flexibility index (Phi) is 2.30. The summed E-state index contributed by atoms with van der Waals surface area (Å²) in [5.41, 5.74) is -0.598. The van der Waals surface area contributed by atoms with E-state index in [9.17, 15) is 22.8 Å². The van der Waals surface area contributed by atoms with E-state index in [-0.39, 0.29) is 6.54 Å². The Bertz CT molecular complexity index is 474. The van der Waals surface area contributed by atoms with E-state index in [1.807, 2.05) is 0 Å². The summed E-state index contributed by atoms with van der Waals surface area (Å²) in [4.78, 5) is 22.8. The van der Waals surface area contributed by atoms with Crippen molar-refractivity contribution in [3.63, 3.8) is 0 Å². The SMILES string of the molecule is O=C1CNC(=O)N1c1ccc(F)c(F)c1F. The Labute approximate surface area is 87.6 Å². The number of carbonyl (C=O) groups is 2. The van der Waals surface area contributed by atoms with Gasteiger partial charge in [-0.2, -0.15) is 0 Å². The van der Waals surface area contributed by atoms with E-state index in [4.69, 9.17) is 0 Å². The molecule has 16 heavy (non-hydrogen) atoms. The van der Waals surface area contributed by atoms with Crippen LogP contribution in [0.3, 0.4) is 0 Å². The van der Waals surface area contributed by atoms with Crippen molar-refractivity contribution in [1.82, 2.24) is 5.32 Å². The first-order valence-electron chi connectivity index (χ1n) is 4.26. The standard InChI is InChI=1S/C9H5F3N2O2/c10-4-1-2-5(8(12)7(4)11)14-6(15)3-13-9(14)16/h1-2H,3H2,(H,13,16). The van der Waals surface area contributed by atoms with Crippen LogP contribution in [0.2, 0.25) is 0 Å². The summed E-state index contributed by atoms with van der Waals surface area (Å²) in [6, 6.07) is 0.610. The Morgan fingerprint density at radius 1 is 1.12 bits per heavy atom. The summed E-state index contributed by atoms with van der Waals surface area (Å²) in [6.45, 7) is -0.294. The van der Waals surface area contributed by atoms with Gasteiger partial charge in [0, 0.05) is 0 Å². The summed E-state index contributed by atoms with van der Waals surface area (Å²) >= 11 is 0. The summed E-state index contributed by atoms with van der Waals surface area (Å²) in [5, 5.41) is 2.13. The van der Waals surface area contributed by atoms with Crippen molar-refractivity contribution in [1.29, 1.82) is 0 Å². The maximum atomic E-state index is 13.3. The van der Waals surface area contributed by atoms with E-state index in [0.29, 0.717) is 11.0 Å². The first-order valence-corrected chi connectivity index (χ1v) is 4.26. The first-order chi connectivity index (χ1) is 7.52. The molecule has 1 saturated heterocycles. The Morgan fingerprint density at radius 3 is 2.38 bits per heavy atom. The van der Waals surface area contributed by atoms with Crippen molar-refractivity contribution in [2.24, 2.45) is 0 Å². The largest absolute Gasteiger partial charge is 0.329 e. The second kappa shape index (κ2) is 3.51. The molecule has 1 fully saturated rings. The molecular weight excluding hydrogens is 225 g/mol. The third kappa shape index (κ3) is 1.40. The van der Waals surface area contributed by atoms with Crippen LogP contribution >= 0.6 is 0 Å². The summed E-state index contributed by atoms with van der Waals surface area (Å²) in [7, 11) is 0. The van der Waals surface area contributed by atoms with Crippen molar-refractivity contribution in [3.8, 4) is 0 Å². The number of nitrogens with one attached hydrogen (secondary N) is 1. The summed E-state index contributed by atoms with van der Waals surface area (Å²) < 4.78 is 38.8. The Balaban J connectivity index is 2.52. The van der Waals surface area contributed by atoms with Gasteiger partial charge in [-0.15, -0.1) is 0 Å². The maximum Gasteiger partial charge on any atom is 0.329 e. The highest BCUT2D eigenvalue weighted by Gasteiger charge is 2.33. The smallest absolute Gasteiger partial charge is 0.328 e. The number of imide groups is 1. The molecule has 0 radical (unpaired) electrons. The molecule has 1 aromatic carbocycles. The average molecular weight is 230 g/mol. The van der Waals surface area contributed by atoms with Crippen LogP contribution in [0.15, 0.2) is 12.1 Å². The molecule has 2 rings (SSSR count). The van der Waals surface area contributed by atoms with Crippen molar-refractivity contribution in [2.75, 3.05) is 11.4 Å². The molecule has 84 valence electrons. The fourth-order valence-corrected chi connectivity index (χ4v) is 1.35. The highest BCUT2D eigenvalue weighted by atomic mass is 19.2. The fourth-order valence-electron chi connectivity index (χ4n) is 1.35. The molecule has 0 unspecified atom stereocenters. The monoisotopic (exact) mass is 230 g/mol. The minimum Gasteiger partial charge on any atom is -0.328 e. The van der Waals surface area contributed by atoms with Gasteiger partial charge in [0.25, 0.3) is 5.91 Å². The van der Waals surface area contributed by atoms with Gasteiger partial charge in [0.2, 0.25) is 0 Å². The number of amides is 3. The number of urea groups is 1. The fraction of sp³-hybridized carbons (Fsp3) is 0.111. The normalized spacial score (nSPS) is 15.6. The number of carbonyl (C=O) groups excluding carboxylic acids is 2. The molecule has 1 N–H and O–H groups in total. The third-order valence-electron chi connectivity index (χ3n) is 2.10. The maximum absolute atomic E-state index is 13.3. The molecule has 0 bridgehead atoms. The molecule has 0 aliphatic carbocycles. The molecule has 7 heteroatoms. The molecular formula is C9H5F3N2O2. The number of anilines is 1. The van der Waals surface area contributed by atoms with Gasteiger partial charge in [0.05, 0.1) is 12.2 Å². The first kappa shape index (κ1) is 10.5. The number of halogens is 3. The van der Waals surface area contributed by atoms with Gasteiger partial charge in [0.15, 0.2) is 17.5 Å². The zero-order valence-corrected chi connectivity index (χ0v) is 7.76. The zero-order chi connectivity index (χ0) is 11.9. The predicted molar refractivity (Wildman–Crippen MR) is 47.2 cm³/mol. The Morgan fingerprint density at radius 2 is 1.81 bits per heavy atom. The highest BCUT2D eigenvalue weighted by molar-refractivity contribution is 6.19. The van der Waals surface area contributed by atoms with Crippen LogP contribution in [-0.4, -0.2) is 18.5 Å². The van der Waals surface area contributed by atoms with E-state index in [1.165, 1.54) is 0 Å². The van der Waals surface area contributed by atoms with Crippen molar-refractivity contribution in [2.45, 2.75) is 0 Å². The van der Waals surface area contributed by atoms with E-state index >= 15 is 0 Å². The van der Waals surface area contributed by atoms with Gasteiger partial charge in [-0.25, -0.2) is 22.9 Å². The second-order valence-electron chi connectivity index (χ2n) is 3.08. The summed E-state index contributed by atoms with van der Waals surface area (Å²) in [5.74, 6) is -5.39. The van der Waals surface area contributed by atoms with Crippen LogP contribution in [0.1, 0.15) is 0 Å². The van der Waals surface area contributed by atoms with Crippen LogP contribution in [-0.2, 0) is 4.79 Å². The van der Waals surface area contributed by atoms with Crippen LogP contribution in [0, 0.1) is 17.5 Å². The van der Waals surface area contributed by atoms with Gasteiger partial charge in [-0.1, -0.05) is 0 Å². The van der Waals surface area contributed by atoms with Gasteiger partial charge < -0.3 is 5.32 Å². The van der Waals surface area contributed by atoms with Gasteiger partial charge in [-0.05, 0) is 12.1 Å². The quantitative estimate of drug-likeness (QED) is 0.581. The van der Waals surface area contributed by atoms with Crippen molar-refractivity contribution in [3.05, 3.63) is 29.6 Å². The van der Waals surface area contributed by atoms with Crippen molar-refractivity contribution >= 4 is 17.6 Å². The van der Waals surface area contributed by atoms with E-state index in [0.717, 1.165) is 6.07 Å². The predicted octanol–water partition coefficient (Wildman–Crippen LogP) is 1.16. The molecule has 3 amide bonds. The van der Waals surface area contributed by atoms with Crippen molar-refractivity contribution < 1.29 is 22.8 Å². The molecule has 1 aliphatic rings. The highest BCUT2D eigenvalue weighted by Crippen LogP contribution is 2.24. The molecule has 1 aromatic rings.